The van der Waals surface area contributed by atoms with Gasteiger partial charge in [-0.2, -0.15) is 4.98 Å². The third-order valence-corrected chi connectivity index (χ3v) is 12.2. The molecule has 1 aromatic heterocycles. The van der Waals surface area contributed by atoms with E-state index in [1.807, 2.05) is 4.90 Å². The van der Waals surface area contributed by atoms with E-state index in [9.17, 15) is 33.5 Å². The smallest absolute Gasteiger partial charge is 0.255 e. The minimum atomic E-state index is -0.956. The quantitative estimate of drug-likeness (QED) is 0.0713. The van der Waals surface area contributed by atoms with Gasteiger partial charge in [-0.1, -0.05) is 17.7 Å². The molecule has 1 unspecified atom stereocenters. The van der Waals surface area contributed by atoms with Crippen LogP contribution in [0, 0.1) is 11.6 Å². The van der Waals surface area contributed by atoms with Gasteiger partial charge in [0.05, 0.1) is 63.4 Å². The molecule has 19 nitrogen and oxygen atoms in total. The topological polar surface area (TPSA) is 215 Å². The second-order valence-electron chi connectivity index (χ2n) is 16.5. The number of carbonyl (C=O) groups is 5. The Hall–Kier alpha value is -6.26. The molecule has 370 valence electrons. The molecule has 3 aromatic carbocycles. The summed E-state index contributed by atoms with van der Waals surface area (Å²) in [6.07, 6.45) is 0.552. The summed E-state index contributed by atoms with van der Waals surface area (Å²) in [4.78, 5) is 77.3. The van der Waals surface area contributed by atoms with Crippen molar-refractivity contribution < 1.29 is 61.5 Å². The number of hydrogen-bond donors (Lipinski definition) is 3. The number of benzene rings is 3. The molecule has 2 saturated heterocycles. The maximum absolute atomic E-state index is 16.4. The maximum atomic E-state index is 16.4. The van der Waals surface area contributed by atoms with Crippen LogP contribution in [-0.2, 0) is 44.7 Å². The molecule has 1 atom stereocenters. The molecule has 69 heavy (non-hydrogen) atoms. The van der Waals surface area contributed by atoms with E-state index in [2.05, 4.69) is 20.6 Å². The van der Waals surface area contributed by atoms with E-state index in [0.29, 0.717) is 103 Å². The number of piperazine rings is 1. The Morgan fingerprint density at radius 3 is 2.25 bits per heavy atom. The largest absolute Gasteiger partial charge is 0.507 e. The van der Waals surface area contributed by atoms with Gasteiger partial charge in [-0.3, -0.25) is 29.3 Å². The van der Waals surface area contributed by atoms with Crippen LogP contribution in [0.2, 0.25) is 5.02 Å². The van der Waals surface area contributed by atoms with Gasteiger partial charge in [0.2, 0.25) is 29.6 Å². The molecule has 0 spiro atoms. The number of rotatable bonds is 23. The first-order chi connectivity index (χ1) is 33.3. The molecule has 3 N–H and O–H groups in total. The second-order valence-corrected chi connectivity index (χ2v) is 16.9. The van der Waals surface area contributed by atoms with Gasteiger partial charge in [0.15, 0.2) is 5.82 Å². The summed E-state index contributed by atoms with van der Waals surface area (Å²) in [7, 11) is 1.65. The molecule has 0 radical (unpaired) electrons. The molecule has 4 heterocycles. The zero-order valence-electron chi connectivity index (χ0n) is 38.4. The lowest BCUT2D eigenvalue weighted by molar-refractivity contribution is -0.137. The zero-order chi connectivity index (χ0) is 49.0. The highest BCUT2D eigenvalue weighted by atomic mass is 35.5. The van der Waals surface area contributed by atoms with Crippen LogP contribution in [0.4, 0.5) is 20.5 Å². The van der Waals surface area contributed by atoms with Gasteiger partial charge in [-0.15, -0.1) is 0 Å². The van der Waals surface area contributed by atoms with E-state index in [1.54, 1.807) is 30.1 Å². The van der Waals surface area contributed by atoms with E-state index >= 15 is 4.39 Å². The highest BCUT2D eigenvalue weighted by Gasteiger charge is 2.39. The fourth-order valence-corrected chi connectivity index (χ4v) is 8.43. The molecule has 5 amide bonds. The number of nitrogens with one attached hydrogen (secondary N) is 2. The molecule has 0 saturated carbocycles. The number of carbonyl (C=O) groups excluding carboxylic acids is 5. The maximum Gasteiger partial charge on any atom is 0.255 e. The predicted octanol–water partition coefficient (Wildman–Crippen LogP) is 3.77. The lowest BCUT2D eigenvalue weighted by Crippen LogP contribution is -2.52. The Kier molecular flexibility index (Phi) is 17.5. The molecule has 0 bridgehead atoms. The van der Waals surface area contributed by atoms with Crippen LogP contribution in [-0.4, -0.2) is 171 Å². The van der Waals surface area contributed by atoms with Crippen molar-refractivity contribution >= 4 is 63.8 Å². The zero-order valence-corrected chi connectivity index (χ0v) is 39.2. The van der Waals surface area contributed by atoms with E-state index in [1.165, 1.54) is 34.9 Å². The van der Waals surface area contributed by atoms with Crippen LogP contribution >= 0.6 is 11.6 Å². The second kappa shape index (κ2) is 23.8. The molecule has 2 fully saturated rings. The van der Waals surface area contributed by atoms with Crippen molar-refractivity contribution in [1.82, 2.24) is 30.0 Å². The van der Waals surface area contributed by atoms with Crippen LogP contribution in [0.25, 0.3) is 22.0 Å². The highest BCUT2D eigenvalue weighted by Crippen LogP contribution is 2.42. The Morgan fingerprint density at radius 1 is 0.899 bits per heavy atom. The summed E-state index contributed by atoms with van der Waals surface area (Å²) in [6, 6.07) is 9.55. The van der Waals surface area contributed by atoms with Gasteiger partial charge >= 0.3 is 0 Å². The van der Waals surface area contributed by atoms with Crippen LogP contribution in [0.15, 0.2) is 42.5 Å². The number of imide groups is 1. The fraction of sp³-hybridized carbons (Fsp3) is 0.468. The van der Waals surface area contributed by atoms with Crippen molar-refractivity contribution in [3.05, 3.63) is 70.2 Å². The molecular weight excluding hydrogens is 926 g/mol. The van der Waals surface area contributed by atoms with Gasteiger partial charge in [-0.25, -0.2) is 13.8 Å². The summed E-state index contributed by atoms with van der Waals surface area (Å²) in [6.45, 7) is 6.79. The number of likely N-dealkylation sites (N-methyl/N-ethyl adjacent to an activating group) is 1. The molecular formula is C47H55ClF2N8O11. The third-order valence-electron chi connectivity index (χ3n) is 11.9. The Labute approximate surface area is 401 Å². The number of fused-ring (bicyclic) bond motifs is 2. The third kappa shape index (κ3) is 12.7. The lowest BCUT2D eigenvalue weighted by Gasteiger charge is -2.35. The SMILES string of the molecule is CC(=O)N1CCN(c2nc(NCCC(=O)N(C)CCOCCOCCOCCOCCOc3ccc4c(c3)CN(C3CCC(=O)NC3=O)C4=O)nc3c(F)c(-c4c(O)cccc4F)c(Cl)cc23)CC1. The van der Waals surface area contributed by atoms with Crippen molar-refractivity contribution in [3.63, 3.8) is 0 Å². The number of anilines is 2. The average molecular weight is 981 g/mol. The molecule has 22 heteroatoms. The number of ether oxygens (including phenoxy) is 5. The van der Waals surface area contributed by atoms with E-state index in [4.69, 9.17) is 35.3 Å². The van der Waals surface area contributed by atoms with Crippen molar-refractivity contribution in [1.29, 1.82) is 0 Å². The fourth-order valence-electron chi connectivity index (χ4n) is 8.14. The predicted molar refractivity (Wildman–Crippen MR) is 248 cm³/mol. The van der Waals surface area contributed by atoms with Crippen molar-refractivity contribution in [2.24, 2.45) is 0 Å². The number of phenols is 1. The summed E-state index contributed by atoms with van der Waals surface area (Å²) < 4.78 is 59.5. The summed E-state index contributed by atoms with van der Waals surface area (Å²) in [5.74, 6) is -2.65. The number of halogens is 3. The summed E-state index contributed by atoms with van der Waals surface area (Å²) in [5.41, 5.74) is 0.353. The lowest BCUT2D eigenvalue weighted by atomic mass is 10.0. The van der Waals surface area contributed by atoms with Crippen molar-refractivity contribution in [2.45, 2.75) is 38.8 Å². The van der Waals surface area contributed by atoms with Crippen LogP contribution in [0.1, 0.15) is 42.1 Å². The summed E-state index contributed by atoms with van der Waals surface area (Å²) in [5, 5.41) is 15.9. The highest BCUT2D eigenvalue weighted by molar-refractivity contribution is 6.34. The van der Waals surface area contributed by atoms with E-state index < -0.39 is 34.9 Å². The standard InChI is InChI=1S/C47H55ClF2N8O11/c1-29(59)56-12-14-57(15-13-56)44-33-27-34(48)40(41-35(49)4-3-5-37(41)60)42(50)43(33)53-47(54-44)51-11-10-39(62)55(2)16-17-65-18-19-66-20-21-67-22-23-68-24-25-69-31-6-7-32-30(26-31)28-58(46(32)64)36-8-9-38(61)52-45(36)63/h3-7,26-27,36,60H,8-25,28H2,1-2H3,(H,51,53,54)(H,52,61,63). The molecule has 3 aliphatic heterocycles. The first kappa shape index (κ1) is 50.6. The van der Waals surface area contributed by atoms with E-state index in [0.717, 1.165) is 11.6 Å². The van der Waals surface area contributed by atoms with Gasteiger partial charge in [0, 0.05) is 89.1 Å². The first-order valence-electron chi connectivity index (χ1n) is 22.7. The van der Waals surface area contributed by atoms with Crippen molar-refractivity contribution in [2.75, 3.05) is 116 Å². The normalized spacial score (nSPS) is 16.0. The number of aromatic hydroxyl groups is 1. The average Bonchev–Trinajstić information content (AvgIpc) is 3.65. The number of phenolic OH excluding ortho intramolecular Hbond substituents is 1. The Balaban J connectivity index is 0.755. The van der Waals surface area contributed by atoms with Crippen LogP contribution in [0.3, 0.4) is 0 Å². The number of hydrogen-bond acceptors (Lipinski definition) is 15. The molecule has 7 rings (SSSR count). The number of amides is 5. The summed E-state index contributed by atoms with van der Waals surface area (Å²) >= 11 is 6.55. The number of aromatic nitrogens is 2. The van der Waals surface area contributed by atoms with Gasteiger partial charge in [0.1, 0.15) is 41.3 Å². The number of piperidine rings is 1. The van der Waals surface area contributed by atoms with E-state index in [-0.39, 0.29) is 90.2 Å². The number of nitrogens with zero attached hydrogens (tertiary/aromatic N) is 6. The Bertz CT molecular complexity index is 2510. The van der Waals surface area contributed by atoms with Gasteiger partial charge < -0.3 is 53.7 Å². The van der Waals surface area contributed by atoms with Gasteiger partial charge in [-0.05, 0) is 48.4 Å². The first-order valence-corrected chi connectivity index (χ1v) is 23.1. The minimum Gasteiger partial charge on any atom is -0.507 e. The monoisotopic (exact) mass is 980 g/mol. The van der Waals surface area contributed by atoms with Gasteiger partial charge in [0.25, 0.3) is 5.91 Å². The minimum absolute atomic E-state index is 0.0219. The van der Waals surface area contributed by atoms with Crippen LogP contribution in [0.5, 0.6) is 11.5 Å². The molecule has 4 aromatic rings. The van der Waals surface area contributed by atoms with Crippen LogP contribution < -0.4 is 20.3 Å². The van der Waals surface area contributed by atoms with Crippen molar-refractivity contribution in [3.8, 4) is 22.6 Å². The molecule has 3 aliphatic rings. The Morgan fingerprint density at radius 2 is 1.58 bits per heavy atom. The molecule has 0 aliphatic carbocycles.